The van der Waals surface area contributed by atoms with Gasteiger partial charge in [0.05, 0.1) is 12.0 Å². The molecule has 2 aromatic rings. The zero-order valence-electron chi connectivity index (χ0n) is 10.6. The molecule has 98 valence electrons. The summed E-state index contributed by atoms with van der Waals surface area (Å²) in [6, 6.07) is 10.7. The molecule has 0 fully saturated rings. The summed E-state index contributed by atoms with van der Waals surface area (Å²) in [6.45, 7) is 2.67. The number of benzene rings is 2. The molecule has 1 unspecified atom stereocenters. The van der Waals surface area contributed by atoms with E-state index in [1.165, 1.54) is 17.7 Å². The minimum atomic E-state index is -0.332. The Morgan fingerprint density at radius 3 is 2.89 bits per heavy atom. The molecule has 0 bridgehead atoms. The molecule has 1 aliphatic heterocycles. The predicted molar refractivity (Wildman–Crippen MR) is 74.5 cm³/mol. The van der Waals surface area contributed by atoms with Crippen molar-refractivity contribution in [2.75, 3.05) is 6.61 Å². The molecular weight excluding hydrogens is 263 g/mol. The smallest absolute Gasteiger partial charge is 0.123 e. The Balaban J connectivity index is 1.99. The van der Waals surface area contributed by atoms with Crippen molar-refractivity contribution in [2.45, 2.75) is 18.7 Å². The van der Waals surface area contributed by atoms with Gasteiger partial charge in [-0.25, -0.2) is 4.39 Å². The second-order valence-corrected chi connectivity index (χ2v) is 5.27. The summed E-state index contributed by atoms with van der Waals surface area (Å²) < 4.78 is 18.8. The highest BCUT2D eigenvalue weighted by molar-refractivity contribution is 6.22. The summed E-state index contributed by atoms with van der Waals surface area (Å²) in [4.78, 5) is 0. The summed E-state index contributed by atoms with van der Waals surface area (Å²) in [5, 5.41) is -0.332. The van der Waals surface area contributed by atoms with Crippen molar-refractivity contribution in [3.63, 3.8) is 0 Å². The van der Waals surface area contributed by atoms with Gasteiger partial charge in [0.25, 0.3) is 0 Å². The Hall–Kier alpha value is -1.54. The predicted octanol–water partition coefficient (Wildman–Crippen LogP) is 4.40. The van der Waals surface area contributed by atoms with Crippen LogP contribution in [-0.2, 0) is 6.42 Å². The highest BCUT2D eigenvalue weighted by Gasteiger charge is 2.18. The minimum absolute atomic E-state index is 0.254. The van der Waals surface area contributed by atoms with E-state index in [4.69, 9.17) is 16.3 Å². The average molecular weight is 277 g/mol. The maximum absolute atomic E-state index is 13.4. The first-order chi connectivity index (χ1) is 9.15. The monoisotopic (exact) mass is 276 g/mol. The fourth-order valence-corrected chi connectivity index (χ4v) is 2.80. The molecule has 2 aromatic carbocycles. The zero-order chi connectivity index (χ0) is 13.4. The van der Waals surface area contributed by atoms with Crippen molar-refractivity contribution >= 4 is 11.6 Å². The van der Waals surface area contributed by atoms with Crippen molar-refractivity contribution < 1.29 is 9.13 Å². The van der Waals surface area contributed by atoms with Crippen LogP contribution in [0.15, 0.2) is 36.4 Å². The highest BCUT2D eigenvalue weighted by atomic mass is 35.5. The van der Waals surface area contributed by atoms with Crippen LogP contribution in [-0.4, -0.2) is 6.61 Å². The second kappa shape index (κ2) is 4.86. The van der Waals surface area contributed by atoms with E-state index >= 15 is 0 Å². The largest absolute Gasteiger partial charge is 0.493 e. The maximum Gasteiger partial charge on any atom is 0.123 e. The number of hydrogen-bond donors (Lipinski definition) is 0. The summed E-state index contributed by atoms with van der Waals surface area (Å²) in [5.74, 6) is 0.680. The SMILES string of the molecule is Cc1ccc(F)cc1C(Cl)c1ccc2c(c1)CCO2. The van der Waals surface area contributed by atoms with E-state index in [0.29, 0.717) is 0 Å². The number of fused-ring (bicyclic) bond motifs is 1. The van der Waals surface area contributed by atoms with Gasteiger partial charge in [-0.05, 0) is 47.4 Å². The molecular formula is C16H14ClFO. The average Bonchev–Trinajstić information content (AvgIpc) is 2.88. The van der Waals surface area contributed by atoms with Crippen LogP contribution in [0, 0.1) is 12.7 Å². The molecule has 0 radical (unpaired) electrons. The van der Waals surface area contributed by atoms with Crippen LogP contribution in [0.5, 0.6) is 5.75 Å². The zero-order valence-corrected chi connectivity index (χ0v) is 11.4. The van der Waals surface area contributed by atoms with E-state index in [1.807, 2.05) is 19.1 Å². The third-order valence-corrected chi connectivity index (χ3v) is 4.01. The van der Waals surface area contributed by atoms with E-state index in [-0.39, 0.29) is 11.2 Å². The topological polar surface area (TPSA) is 9.23 Å². The molecule has 0 N–H and O–H groups in total. The Kier molecular flexibility index (Phi) is 3.19. The van der Waals surface area contributed by atoms with E-state index < -0.39 is 0 Å². The first kappa shape index (κ1) is 12.5. The lowest BCUT2D eigenvalue weighted by atomic mass is 9.98. The fourth-order valence-electron chi connectivity index (χ4n) is 2.43. The molecule has 1 nitrogen and oxygen atoms in total. The standard InChI is InChI=1S/C16H14ClFO/c1-10-2-4-13(18)9-14(10)16(17)12-3-5-15-11(8-12)6-7-19-15/h2-5,8-9,16H,6-7H2,1H3. The van der Waals surface area contributed by atoms with Crippen LogP contribution < -0.4 is 4.74 Å². The Bertz CT molecular complexity index is 624. The van der Waals surface area contributed by atoms with Gasteiger partial charge in [-0.2, -0.15) is 0 Å². The second-order valence-electron chi connectivity index (χ2n) is 4.83. The van der Waals surface area contributed by atoms with Crippen molar-refractivity contribution in [3.8, 4) is 5.75 Å². The van der Waals surface area contributed by atoms with Gasteiger partial charge in [0.2, 0.25) is 0 Å². The van der Waals surface area contributed by atoms with Crippen molar-refractivity contribution in [2.24, 2.45) is 0 Å². The van der Waals surface area contributed by atoms with Crippen LogP contribution in [0.2, 0.25) is 0 Å². The number of ether oxygens (including phenoxy) is 1. The molecule has 3 rings (SSSR count). The lowest BCUT2D eigenvalue weighted by molar-refractivity contribution is 0.357. The van der Waals surface area contributed by atoms with E-state index in [2.05, 4.69) is 6.07 Å². The summed E-state index contributed by atoms with van der Waals surface area (Å²) in [5.41, 5.74) is 3.98. The molecule has 3 heteroatoms. The number of alkyl halides is 1. The minimum Gasteiger partial charge on any atom is -0.493 e. The van der Waals surface area contributed by atoms with Gasteiger partial charge in [-0.15, -0.1) is 11.6 Å². The Morgan fingerprint density at radius 2 is 2.05 bits per heavy atom. The third-order valence-electron chi connectivity index (χ3n) is 3.52. The summed E-state index contributed by atoms with van der Waals surface area (Å²) in [7, 11) is 0. The molecule has 1 atom stereocenters. The number of rotatable bonds is 2. The van der Waals surface area contributed by atoms with Gasteiger partial charge in [-0.3, -0.25) is 0 Å². The number of hydrogen-bond acceptors (Lipinski definition) is 1. The molecule has 1 aliphatic rings. The summed E-state index contributed by atoms with van der Waals surface area (Å²) >= 11 is 6.50. The normalized spacial score (nSPS) is 14.9. The van der Waals surface area contributed by atoms with E-state index in [9.17, 15) is 4.39 Å². The van der Waals surface area contributed by atoms with Crippen LogP contribution in [0.3, 0.4) is 0 Å². The highest BCUT2D eigenvalue weighted by Crippen LogP contribution is 2.35. The lowest BCUT2D eigenvalue weighted by Gasteiger charge is -2.14. The van der Waals surface area contributed by atoms with Crippen molar-refractivity contribution in [1.29, 1.82) is 0 Å². The van der Waals surface area contributed by atoms with Gasteiger partial charge in [-0.1, -0.05) is 18.2 Å². The first-order valence-electron chi connectivity index (χ1n) is 6.31. The van der Waals surface area contributed by atoms with Crippen LogP contribution in [0.1, 0.15) is 27.6 Å². The number of halogens is 2. The van der Waals surface area contributed by atoms with E-state index in [0.717, 1.165) is 35.5 Å². The van der Waals surface area contributed by atoms with Gasteiger partial charge in [0.1, 0.15) is 11.6 Å². The third kappa shape index (κ3) is 2.33. The van der Waals surface area contributed by atoms with Crippen molar-refractivity contribution in [1.82, 2.24) is 0 Å². The molecule has 0 saturated heterocycles. The quantitative estimate of drug-likeness (QED) is 0.739. The first-order valence-corrected chi connectivity index (χ1v) is 6.74. The molecule has 0 spiro atoms. The molecule has 0 saturated carbocycles. The fraction of sp³-hybridized carbons (Fsp3) is 0.250. The molecule has 19 heavy (non-hydrogen) atoms. The van der Waals surface area contributed by atoms with Crippen LogP contribution >= 0.6 is 11.6 Å². The summed E-state index contributed by atoms with van der Waals surface area (Å²) in [6.07, 6.45) is 0.912. The number of aryl methyl sites for hydroxylation is 1. The van der Waals surface area contributed by atoms with Gasteiger partial charge < -0.3 is 4.74 Å². The molecule has 0 amide bonds. The van der Waals surface area contributed by atoms with Gasteiger partial charge >= 0.3 is 0 Å². The molecule has 1 heterocycles. The Labute approximate surface area is 117 Å². The van der Waals surface area contributed by atoms with Crippen LogP contribution in [0.25, 0.3) is 0 Å². The van der Waals surface area contributed by atoms with Crippen molar-refractivity contribution in [3.05, 3.63) is 64.5 Å². The van der Waals surface area contributed by atoms with E-state index in [1.54, 1.807) is 6.07 Å². The maximum atomic E-state index is 13.4. The van der Waals surface area contributed by atoms with Gasteiger partial charge in [0.15, 0.2) is 0 Å². The molecule has 0 aliphatic carbocycles. The lowest BCUT2D eigenvalue weighted by Crippen LogP contribution is -1.98. The Morgan fingerprint density at radius 1 is 1.21 bits per heavy atom. The molecule has 0 aromatic heterocycles. The van der Waals surface area contributed by atoms with Gasteiger partial charge in [0, 0.05) is 6.42 Å². The van der Waals surface area contributed by atoms with Crippen LogP contribution in [0.4, 0.5) is 4.39 Å².